The molecule has 3 aromatic heterocycles. The summed E-state index contributed by atoms with van der Waals surface area (Å²) in [6.07, 6.45) is 2.58. The van der Waals surface area contributed by atoms with Gasteiger partial charge in [-0.2, -0.15) is 0 Å². The minimum absolute atomic E-state index is 0.0695. The SMILES string of the molecule is Cc1ccc(Nc2nc(-c3sc(C)nc3C)cs2)nc1.O=CNC(c1ccccc1)c1ccccc1. The van der Waals surface area contributed by atoms with Gasteiger partial charge in [-0.1, -0.05) is 66.7 Å². The van der Waals surface area contributed by atoms with Crippen molar-refractivity contribution in [3.05, 3.63) is 112 Å². The highest BCUT2D eigenvalue weighted by Gasteiger charge is 2.12. The van der Waals surface area contributed by atoms with Crippen molar-refractivity contribution < 1.29 is 4.79 Å². The molecule has 0 unspecified atom stereocenters. The minimum Gasteiger partial charge on any atom is -0.348 e. The summed E-state index contributed by atoms with van der Waals surface area (Å²) in [7, 11) is 0. The van der Waals surface area contributed by atoms with Crippen LogP contribution in [0.25, 0.3) is 10.6 Å². The highest BCUT2D eigenvalue weighted by Crippen LogP contribution is 2.32. The fraction of sp³-hybridized carbons (Fsp3) is 0.143. The third kappa shape index (κ3) is 6.62. The Morgan fingerprint density at radius 3 is 2.06 bits per heavy atom. The summed E-state index contributed by atoms with van der Waals surface area (Å²) < 4.78 is 0. The molecule has 3 heterocycles. The first kappa shape index (κ1) is 25.2. The molecule has 5 rings (SSSR count). The van der Waals surface area contributed by atoms with E-state index in [1.54, 1.807) is 22.7 Å². The molecule has 182 valence electrons. The Labute approximate surface area is 219 Å². The second-order valence-corrected chi connectivity index (χ2v) is 10.1. The third-order valence-corrected chi connectivity index (χ3v) is 7.14. The Kier molecular flexibility index (Phi) is 8.54. The van der Waals surface area contributed by atoms with Crippen molar-refractivity contribution in [1.82, 2.24) is 20.3 Å². The number of aromatic nitrogens is 3. The highest BCUT2D eigenvalue weighted by atomic mass is 32.1. The summed E-state index contributed by atoms with van der Waals surface area (Å²) in [6, 6.07) is 23.8. The molecule has 2 aromatic carbocycles. The lowest BCUT2D eigenvalue weighted by Gasteiger charge is -2.16. The Bertz CT molecular complexity index is 1340. The smallest absolute Gasteiger partial charge is 0.207 e. The molecule has 0 aliphatic carbocycles. The topological polar surface area (TPSA) is 79.8 Å². The lowest BCUT2D eigenvalue weighted by atomic mass is 9.99. The molecular formula is C28H27N5OS2. The van der Waals surface area contributed by atoms with Gasteiger partial charge in [0.1, 0.15) is 5.82 Å². The van der Waals surface area contributed by atoms with Gasteiger partial charge in [-0.25, -0.2) is 15.0 Å². The lowest BCUT2D eigenvalue weighted by Crippen LogP contribution is -2.20. The fourth-order valence-electron chi connectivity index (χ4n) is 3.60. The number of benzene rings is 2. The maximum Gasteiger partial charge on any atom is 0.207 e. The molecule has 0 saturated heterocycles. The fourth-order valence-corrected chi connectivity index (χ4v) is 5.26. The average Bonchev–Trinajstić information content (AvgIpc) is 3.50. The lowest BCUT2D eigenvalue weighted by molar-refractivity contribution is -0.110. The zero-order chi connectivity index (χ0) is 25.3. The van der Waals surface area contributed by atoms with Gasteiger partial charge in [0.05, 0.1) is 27.3 Å². The summed E-state index contributed by atoms with van der Waals surface area (Å²) in [5, 5.41) is 10.0. The van der Waals surface area contributed by atoms with E-state index in [-0.39, 0.29) is 6.04 Å². The number of thiazole rings is 2. The van der Waals surface area contributed by atoms with Gasteiger partial charge in [-0.15, -0.1) is 22.7 Å². The summed E-state index contributed by atoms with van der Waals surface area (Å²) in [6.45, 7) is 6.06. The van der Waals surface area contributed by atoms with Crippen LogP contribution in [0.2, 0.25) is 0 Å². The van der Waals surface area contributed by atoms with Crippen molar-refractivity contribution in [1.29, 1.82) is 0 Å². The molecule has 0 atom stereocenters. The molecule has 2 N–H and O–H groups in total. The number of pyridine rings is 1. The summed E-state index contributed by atoms with van der Waals surface area (Å²) in [4.78, 5) is 25.2. The second-order valence-electron chi connectivity index (χ2n) is 8.07. The molecule has 5 aromatic rings. The van der Waals surface area contributed by atoms with E-state index in [0.717, 1.165) is 55.3 Å². The van der Waals surface area contributed by atoms with Crippen LogP contribution in [0.3, 0.4) is 0 Å². The standard InChI is InChI=1S/C14H14N4S2.C14H13NO/c1-8-4-5-12(15-6-8)18-14-17-11(7-19-14)13-9(2)16-10(3)20-13;16-11-15-14(12-7-3-1-4-8-12)13-9-5-2-6-10-13/h4-7H,1-3H3,(H,15,17,18);1-11,14H,(H,15,16). The predicted octanol–water partition coefficient (Wildman–Crippen LogP) is 6.85. The van der Waals surface area contributed by atoms with Gasteiger partial charge in [0, 0.05) is 11.6 Å². The van der Waals surface area contributed by atoms with E-state index in [2.05, 4.69) is 31.0 Å². The summed E-state index contributed by atoms with van der Waals surface area (Å²) >= 11 is 3.26. The summed E-state index contributed by atoms with van der Waals surface area (Å²) in [5.41, 5.74) is 5.33. The number of nitrogens with zero attached hydrogens (tertiary/aromatic N) is 3. The first-order valence-corrected chi connectivity index (χ1v) is 13.1. The quantitative estimate of drug-likeness (QED) is 0.233. The Hall–Kier alpha value is -3.88. The van der Waals surface area contributed by atoms with Gasteiger partial charge in [-0.3, -0.25) is 4.79 Å². The molecule has 0 spiro atoms. The van der Waals surface area contributed by atoms with Crippen LogP contribution in [0.1, 0.15) is 33.4 Å². The zero-order valence-corrected chi connectivity index (χ0v) is 21.9. The van der Waals surface area contributed by atoms with Crippen LogP contribution >= 0.6 is 22.7 Å². The maximum atomic E-state index is 10.7. The van der Waals surface area contributed by atoms with Crippen molar-refractivity contribution in [3.8, 4) is 10.6 Å². The third-order valence-electron chi connectivity index (χ3n) is 5.29. The van der Waals surface area contributed by atoms with Crippen LogP contribution in [-0.2, 0) is 4.79 Å². The molecule has 8 heteroatoms. The van der Waals surface area contributed by atoms with Crippen LogP contribution in [0.5, 0.6) is 0 Å². The van der Waals surface area contributed by atoms with E-state index in [4.69, 9.17) is 0 Å². The number of carbonyl (C=O) groups excluding carboxylic acids is 1. The van der Waals surface area contributed by atoms with Crippen molar-refractivity contribution >= 4 is 40.0 Å². The molecule has 6 nitrogen and oxygen atoms in total. The minimum atomic E-state index is -0.0695. The highest BCUT2D eigenvalue weighted by molar-refractivity contribution is 7.16. The normalized spacial score (nSPS) is 10.4. The number of rotatable bonds is 7. The number of aryl methyl sites for hydroxylation is 3. The second kappa shape index (κ2) is 12.2. The number of carbonyl (C=O) groups is 1. The van der Waals surface area contributed by atoms with Crippen LogP contribution < -0.4 is 10.6 Å². The molecule has 1 amide bonds. The van der Waals surface area contributed by atoms with Gasteiger partial charge < -0.3 is 10.6 Å². The van der Waals surface area contributed by atoms with Crippen LogP contribution in [0.15, 0.2) is 84.4 Å². The molecule has 0 saturated carbocycles. The van der Waals surface area contributed by atoms with E-state index in [9.17, 15) is 4.79 Å². The Morgan fingerprint density at radius 2 is 1.53 bits per heavy atom. The molecule has 0 fully saturated rings. The molecular weight excluding hydrogens is 486 g/mol. The predicted molar refractivity (Wildman–Crippen MR) is 149 cm³/mol. The van der Waals surface area contributed by atoms with Crippen LogP contribution in [0.4, 0.5) is 10.9 Å². The number of amides is 1. The molecule has 0 aliphatic heterocycles. The van der Waals surface area contributed by atoms with Crippen LogP contribution in [-0.4, -0.2) is 21.4 Å². The molecule has 0 aliphatic rings. The Balaban J connectivity index is 0.000000174. The van der Waals surface area contributed by atoms with Crippen molar-refractivity contribution in [2.45, 2.75) is 26.8 Å². The number of anilines is 2. The van der Waals surface area contributed by atoms with Gasteiger partial charge in [0.2, 0.25) is 6.41 Å². The van der Waals surface area contributed by atoms with E-state index in [0.29, 0.717) is 0 Å². The zero-order valence-electron chi connectivity index (χ0n) is 20.3. The molecule has 0 radical (unpaired) electrons. The Morgan fingerprint density at radius 1 is 0.861 bits per heavy atom. The molecule has 0 bridgehead atoms. The van der Waals surface area contributed by atoms with Crippen molar-refractivity contribution in [3.63, 3.8) is 0 Å². The van der Waals surface area contributed by atoms with E-state index < -0.39 is 0 Å². The first-order chi connectivity index (χ1) is 17.5. The van der Waals surface area contributed by atoms with E-state index in [1.165, 1.54) is 0 Å². The van der Waals surface area contributed by atoms with Crippen molar-refractivity contribution in [2.24, 2.45) is 0 Å². The van der Waals surface area contributed by atoms with E-state index >= 15 is 0 Å². The molecule has 36 heavy (non-hydrogen) atoms. The largest absolute Gasteiger partial charge is 0.348 e. The first-order valence-electron chi connectivity index (χ1n) is 11.4. The summed E-state index contributed by atoms with van der Waals surface area (Å²) in [5.74, 6) is 0.814. The van der Waals surface area contributed by atoms with Crippen molar-refractivity contribution in [2.75, 3.05) is 5.32 Å². The maximum absolute atomic E-state index is 10.7. The number of hydrogen-bond acceptors (Lipinski definition) is 7. The number of nitrogens with one attached hydrogen (secondary N) is 2. The van der Waals surface area contributed by atoms with Gasteiger partial charge in [-0.05, 0) is 43.5 Å². The van der Waals surface area contributed by atoms with Gasteiger partial charge >= 0.3 is 0 Å². The van der Waals surface area contributed by atoms with Gasteiger partial charge in [0.15, 0.2) is 5.13 Å². The van der Waals surface area contributed by atoms with E-state index in [1.807, 2.05) is 99.8 Å². The van der Waals surface area contributed by atoms with Gasteiger partial charge in [0.25, 0.3) is 0 Å². The number of hydrogen-bond donors (Lipinski definition) is 2. The average molecular weight is 514 g/mol. The monoisotopic (exact) mass is 513 g/mol. The van der Waals surface area contributed by atoms with Crippen LogP contribution in [0, 0.1) is 20.8 Å².